The van der Waals surface area contributed by atoms with Gasteiger partial charge in [0.15, 0.2) is 11.5 Å². The van der Waals surface area contributed by atoms with E-state index >= 15 is 0 Å². The van der Waals surface area contributed by atoms with Gasteiger partial charge in [0, 0.05) is 19.7 Å². The third-order valence-electron chi connectivity index (χ3n) is 3.57. The Kier molecular flexibility index (Phi) is 6.89. The normalized spacial score (nSPS) is 16.0. The van der Waals surface area contributed by atoms with Crippen LogP contribution in [0.2, 0.25) is 0 Å². The number of ether oxygens (including phenoxy) is 2. The minimum atomic E-state index is -4.19. The van der Waals surface area contributed by atoms with Gasteiger partial charge in [-0.2, -0.15) is 0 Å². The number of carbonyl (C=O) groups excluding carboxylic acids is 2. The molecule has 0 bridgehead atoms. The number of benzene rings is 1. The van der Waals surface area contributed by atoms with Crippen molar-refractivity contribution in [2.24, 2.45) is 0 Å². The second-order valence-electron chi connectivity index (χ2n) is 5.76. The van der Waals surface area contributed by atoms with Crippen LogP contribution in [-0.2, 0) is 14.2 Å². The average Bonchev–Trinajstić information content (AvgIpc) is 2.56. The molecule has 0 aliphatic carbocycles. The molecule has 1 heterocycles. The fraction of sp³-hybridized carbons (Fsp3) is 0.294. The number of aryl methyl sites for hydroxylation is 1. The van der Waals surface area contributed by atoms with Crippen molar-refractivity contribution in [3.63, 3.8) is 0 Å². The predicted molar refractivity (Wildman–Crippen MR) is 102 cm³/mol. The van der Waals surface area contributed by atoms with Gasteiger partial charge in [-0.3, -0.25) is 14.2 Å². The standard InChI is InChI=1S/C17H20NO7PS/c1-11-8-13(9-14(24-3)16(11)25-12(2)19)10-15-17(20)18(5-7-27-15)4-6-26(21,22)23/h5,7-10H,4,6H2,1-3H3,(H2,21,22,23). The summed E-state index contributed by atoms with van der Waals surface area (Å²) in [6, 6.07) is 3.39. The second kappa shape index (κ2) is 8.75. The smallest absolute Gasteiger partial charge is 0.327 e. The van der Waals surface area contributed by atoms with E-state index in [1.807, 2.05) is 0 Å². The average molecular weight is 413 g/mol. The lowest BCUT2D eigenvalue weighted by Gasteiger charge is -2.23. The molecule has 0 spiro atoms. The van der Waals surface area contributed by atoms with Crippen LogP contribution >= 0.6 is 19.4 Å². The van der Waals surface area contributed by atoms with Gasteiger partial charge in [0.1, 0.15) is 0 Å². The molecule has 0 unspecified atom stereocenters. The molecule has 1 aromatic carbocycles. The van der Waals surface area contributed by atoms with Crippen molar-refractivity contribution in [2.75, 3.05) is 19.8 Å². The van der Waals surface area contributed by atoms with E-state index in [1.54, 1.807) is 30.5 Å². The largest absolute Gasteiger partial charge is 0.493 e. The molecule has 1 aromatic rings. The fourth-order valence-corrected chi connectivity index (χ4v) is 3.63. The lowest BCUT2D eigenvalue weighted by atomic mass is 10.1. The number of esters is 1. The zero-order valence-electron chi connectivity index (χ0n) is 15.0. The van der Waals surface area contributed by atoms with Gasteiger partial charge in [-0.05, 0) is 41.7 Å². The summed E-state index contributed by atoms with van der Waals surface area (Å²) >= 11 is 1.21. The lowest BCUT2D eigenvalue weighted by molar-refractivity contribution is -0.132. The number of hydrogen-bond acceptors (Lipinski definition) is 6. The molecule has 0 fully saturated rings. The molecule has 1 aliphatic heterocycles. The summed E-state index contributed by atoms with van der Waals surface area (Å²) in [5.41, 5.74) is 1.33. The van der Waals surface area contributed by atoms with Crippen molar-refractivity contribution in [2.45, 2.75) is 13.8 Å². The highest BCUT2D eigenvalue weighted by Gasteiger charge is 2.23. The monoisotopic (exact) mass is 413 g/mol. The van der Waals surface area contributed by atoms with E-state index in [9.17, 15) is 14.2 Å². The van der Waals surface area contributed by atoms with Crippen LogP contribution in [0.4, 0.5) is 0 Å². The zero-order chi connectivity index (χ0) is 20.2. The fourth-order valence-electron chi connectivity index (χ4n) is 2.38. The molecule has 146 valence electrons. The topological polar surface area (TPSA) is 113 Å². The van der Waals surface area contributed by atoms with Crippen LogP contribution in [0.25, 0.3) is 6.08 Å². The van der Waals surface area contributed by atoms with Crippen LogP contribution in [0.15, 0.2) is 28.6 Å². The Bertz CT molecular complexity index is 859. The van der Waals surface area contributed by atoms with Gasteiger partial charge in [0.2, 0.25) is 0 Å². The van der Waals surface area contributed by atoms with Crippen LogP contribution < -0.4 is 9.47 Å². The van der Waals surface area contributed by atoms with Gasteiger partial charge in [0.05, 0.1) is 18.2 Å². The van der Waals surface area contributed by atoms with Crippen LogP contribution in [-0.4, -0.2) is 46.4 Å². The highest BCUT2D eigenvalue weighted by molar-refractivity contribution is 8.06. The molecule has 0 saturated heterocycles. The number of amides is 1. The van der Waals surface area contributed by atoms with Gasteiger partial charge in [-0.15, -0.1) is 0 Å². The van der Waals surface area contributed by atoms with Crippen LogP contribution in [0.1, 0.15) is 18.1 Å². The molecule has 10 heteroatoms. The van der Waals surface area contributed by atoms with E-state index in [0.29, 0.717) is 27.5 Å². The second-order valence-corrected chi connectivity index (χ2v) is 8.49. The first kappa shape index (κ1) is 21.2. The van der Waals surface area contributed by atoms with Crippen molar-refractivity contribution in [3.05, 3.63) is 39.8 Å². The number of rotatable bonds is 6. The molecule has 0 atom stereocenters. The minimum Gasteiger partial charge on any atom is -0.493 e. The van der Waals surface area contributed by atoms with Gasteiger partial charge in [-0.1, -0.05) is 11.8 Å². The molecule has 27 heavy (non-hydrogen) atoms. The van der Waals surface area contributed by atoms with Crippen molar-refractivity contribution < 1.29 is 33.4 Å². The summed E-state index contributed by atoms with van der Waals surface area (Å²) in [7, 11) is -2.74. The summed E-state index contributed by atoms with van der Waals surface area (Å²) in [6.45, 7) is 2.97. The summed E-state index contributed by atoms with van der Waals surface area (Å²) in [5, 5.41) is 1.67. The van der Waals surface area contributed by atoms with E-state index in [0.717, 1.165) is 0 Å². The van der Waals surface area contributed by atoms with E-state index < -0.39 is 19.7 Å². The quantitative estimate of drug-likeness (QED) is 0.317. The Morgan fingerprint density at radius 1 is 1.37 bits per heavy atom. The maximum atomic E-state index is 12.5. The van der Waals surface area contributed by atoms with Gasteiger partial charge < -0.3 is 24.2 Å². The number of methoxy groups -OCH3 is 1. The number of hydrogen-bond donors (Lipinski definition) is 2. The lowest BCUT2D eigenvalue weighted by Crippen LogP contribution is -2.30. The zero-order valence-corrected chi connectivity index (χ0v) is 16.8. The first-order valence-corrected chi connectivity index (χ1v) is 10.6. The van der Waals surface area contributed by atoms with E-state index in [1.165, 1.54) is 36.9 Å². The number of nitrogens with zero attached hydrogens (tertiary/aromatic N) is 1. The number of carbonyl (C=O) groups is 2. The molecule has 1 aliphatic rings. The van der Waals surface area contributed by atoms with Crippen molar-refractivity contribution in [1.82, 2.24) is 4.90 Å². The maximum Gasteiger partial charge on any atom is 0.327 e. The van der Waals surface area contributed by atoms with Gasteiger partial charge >= 0.3 is 13.6 Å². The molecule has 0 aromatic heterocycles. The minimum absolute atomic E-state index is 0.0781. The van der Waals surface area contributed by atoms with Crippen molar-refractivity contribution in [1.29, 1.82) is 0 Å². The Balaban J connectivity index is 2.28. The van der Waals surface area contributed by atoms with E-state index in [4.69, 9.17) is 19.3 Å². The molecule has 8 nitrogen and oxygen atoms in total. The highest BCUT2D eigenvalue weighted by Crippen LogP contribution is 2.36. The summed E-state index contributed by atoms with van der Waals surface area (Å²) in [6.07, 6.45) is 2.73. The third-order valence-corrected chi connectivity index (χ3v) is 5.15. The van der Waals surface area contributed by atoms with Gasteiger partial charge in [-0.25, -0.2) is 0 Å². The molecule has 0 saturated carbocycles. The molecule has 2 rings (SSSR count). The first-order chi connectivity index (χ1) is 12.6. The van der Waals surface area contributed by atoms with Crippen LogP contribution in [0, 0.1) is 6.92 Å². The molecular weight excluding hydrogens is 393 g/mol. The highest BCUT2D eigenvalue weighted by atomic mass is 32.2. The molecule has 1 amide bonds. The predicted octanol–water partition coefficient (Wildman–Crippen LogP) is 2.49. The SMILES string of the molecule is COc1cc(C=C2SC=CN(CCP(=O)(O)O)C2=O)cc(C)c1OC(C)=O. The summed E-state index contributed by atoms with van der Waals surface area (Å²) < 4.78 is 21.5. The molecule has 2 N–H and O–H groups in total. The Morgan fingerprint density at radius 3 is 2.67 bits per heavy atom. The molecular formula is C17H20NO7PS. The van der Waals surface area contributed by atoms with Crippen LogP contribution in [0.5, 0.6) is 11.5 Å². The number of thioether (sulfide) groups is 1. The summed E-state index contributed by atoms with van der Waals surface area (Å²) in [5.74, 6) is -0.139. The summed E-state index contributed by atoms with van der Waals surface area (Å²) in [4.78, 5) is 43.4. The maximum absolute atomic E-state index is 12.5. The Morgan fingerprint density at radius 2 is 2.07 bits per heavy atom. The van der Waals surface area contributed by atoms with Crippen LogP contribution in [0.3, 0.4) is 0 Å². The Labute approximate surface area is 161 Å². The van der Waals surface area contributed by atoms with Crippen molar-refractivity contribution in [3.8, 4) is 11.5 Å². The Hall–Kier alpha value is -2.06. The van der Waals surface area contributed by atoms with Gasteiger partial charge in [0.25, 0.3) is 5.91 Å². The third kappa shape index (κ3) is 5.97. The van der Waals surface area contributed by atoms with E-state index in [-0.39, 0.29) is 12.5 Å². The first-order valence-electron chi connectivity index (χ1n) is 7.88. The van der Waals surface area contributed by atoms with E-state index in [2.05, 4.69) is 0 Å². The molecule has 0 radical (unpaired) electrons. The van der Waals surface area contributed by atoms with Crippen molar-refractivity contribution >= 4 is 37.3 Å².